The highest BCUT2D eigenvalue weighted by molar-refractivity contribution is 5.27. The van der Waals surface area contributed by atoms with Gasteiger partial charge >= 0.3 is 0 Å². The number of rotatable bonds is 12. The molecular formula is C23H40F2O3. The van der Waals surface area contributed by atoms with Crippen LogP contribution in [0.15, 0.2) is 23.0 Å². The lowest BCUT2D eigenvalue weighted by Gasteiger charge is -2.29. The Kier molecular flexibility index (Phi) is 11.9. The van der Waals surface area contributed by atoms with Gasteiger partial charge < -0.3 is 14.2 Å². The van der Waals surface area contributed by atoms with Gasteiger partial charge in [0.15, 0.2) is 11.7 Å². The minimum atomic E-state index is -0.911. The van der Waals surface area contributed by atoms with Crippen LogP contribution in [0.2, 0.25) is 0 Å². The molecule has 5 heteroatoms. The molecule has 1 fully saturated rings. The Bertz CT molecular complexity index is 508. The van der Waals surface area contributed by atoms with Crippen LogP contribution in [0.3, 0.4) is 0 Å². The van der Waals surface area contributed by atoms with Crippen molar-refractivity contribution in [3.8, 4) is 0 Å². The Morgan fingerprint density at radius 2 is 1.82 bits per heavy atom. The van der Waals surface area contributed by atoms with Gasteiger partial charge in [-0.05, 0) is 64.4 Å². The van der Waals surface area contributed by atoms with Gasteiger partial charge in [-0.2, -0.15) is 0 Å². The van der Waals surface area contributed by atoms with E-state index in [4.69, 9.17) is 14.2 Å². The Morgan fingerprint density at radius 3 is 2.39 bits per heavy atom. The summed E-state index contributed by atoms with van der Waals surface area (Å²) in [6.45, 7) is 10.7. The van der Waals surface area contributed by atoms with Crippen molar-refractivity contribution in [3.05, 3.63) is 23.0 Å². The van der Waals surface area contributed by atoms with Crippen molar-refractivity contribution in [3.63, 3.8) is 0 Å². The number of unbranched alkanes of at least 4 members (excludes halogenated alkanes) is 1. The lowest BCUT2D eigenvalue weighted by atomic mass is 9.94. The molecule has 0 aromatic heterocycles. The summed E-state index contributed by atoms with van der Waals surface area (Å²) in [5, 5.41) is 0. The van der Waals surface area contributed by atoms with Gasteiger partial charge in [0.05, 0.1) is 32.5 Å². The van der Waals surface area contributed by atoms with E-state index in [0.29, 0.717) is 24.2 Å². The van der Waals surface area contributed by atoms with Crippen molar-refractivity contribution in [2.45, 2.75) is 91.8 Å². The molecule has 0 N–H and O–H groups in total. The molecule has 0 bridgehead atoms. The van der Waals surface area contributed by atoms with E-state index in [0.717, 1.165) is 32.3 Å². The topological polar surface area (TPSA) is 27.7 Å². The first kappa shape index (κ1) is 25.1. The quantitative estimate of drug-likeness (QED) is 0.263. The van der Waals surface area contributed by atoms with E-state index in [-0.39, 0.29) is 17.8 Å². The van der Waals surface area contributed by atoms with E-state index in [1.165, 1.54) is 33.3 Å². The summed E-state index contributed by atoms with van der Waals surface area (Å²) in [6, 6.07) is 0. The first-order chi connectivity index (χ1) is 13.3. The Labute approximate surface area is 170 Å². The molecule has 3 nitrogen and oxygen atoms in total. The van der Waals surface area contributed by atoms with E-state index >= 15 is 0 Å². The van der Waals surface area contributed by atoms with Crippen LogP contribution in [0, 0.1) is 11.8 Å². The normalized spacial score (nSPS) is 24.3. The van der Waals surface area contributed by atoms with Gasteiger partial charge in [-0.1, -0.05) is 26.7 Å². The van der Waals surface area contributed by atoms with Crippen LogP contribution < -0.4 is 0 Å². The Balaban J connectivity index is 2.34. The average molecular weight is 403 g/mol. The van der Waals surface area contributed by atoms with Crippen molar-refractivity contribution >= 4 is 0 Å². The van der Waals surface area contributed by atoms with Crippen LogP contribution >= 0.6 is 0 Å². The summed E-state index contributed by atoms with van der Waals surface area (Å²) in [7, 11) is 1.34. The molecule has 1 aliphatic rings. The monoisotopic (exact) mass is 402 g/mol. The maximum Gasteiger partial charge on any atom is 0.195 e. The van der Waals surface area contributed by atoms with E-state index in [1.807, 2.05) is 13.8 Å². The first-order valence-electron chi connectivity index (χ1n) is 10.8. The molecule has 0 spiro atoms. The third kappa shape index (κ3) is 8.60. The summed E-state index contributed by atoms with van der Waals surface area (Å²) < 4.78 is 44.9. The molecule has 0 aromatic carbocycles. The SMILES string of the molecule is CCCCC1CCC(COC(C)CCC(C)/C(C)=C(F)/C(F)=C(\C)OC)CO1. The van der Waals surface area contributed by atoms with Crippen LogP contribution in [0.1, 0.15) is 79.6 Å². The fraction of sp³-hybridized carbons (Fsp3) is 0.826. The van der Waals surface area contributed by atoms with E-state index < -0.39 is 11.7 Å². The summed E-state index contributed by atoms with van der Waals surface area (Å²) in [4.78, 5) is 0. The molecular weight excluding hydrogens is 362 g/mol. The second kappa shape index (κ2) is 13.3. The lowest BCUT2D eigenvalue weighted by Crippen LogP contribution is -2.29. The molecule has 0 radical (unpaired) electrons. The standard InChI is InChI=1S/C23H40F2O3/c1-7-8-9-21-13-12-20(15-28-21)14-27-17(3)11-10-16(2)18(4)22(24)23(25)19(5)26-6/h16-17,20-21H,7-15H2,1-6H3/b22-18-,23-19-. The molecule has 1 saturated heterocycles. The Hall–Kier alpha value is -0.940. The Morgan fingerprint density at radius 1 is 1.11 bits per heavy atom. The second-order valence-corrected chi connectivity index (χ2v) is 8.23. The molecule has 4 unspecified atom stereocenters. The van der Waals surface area contributed by atoms with Crippen LogP contribution in [0.5, 0.6) is 0 Å². The van der Waals surface area contributed by atoms with Gasteiger partial charge in [-0.3, -0.25) is 0 Å². The number of allylic oxidation sites excluding steroid dienone is 4. The summed E-state index contributed by atoms with van der Waals surface area (Å²) >= 11 is 0. The van der Waals surface area contributed by atoms with Crippen molar-refractivity contribution in [2.75, 3.05) is 20.3 Å². The zero-order chi connectivity index (χ0) is 21.1. The molecule has 1 heterocycles. The molecule has 1 aliphatic heterocycles. The van der Waals surface area contributed by atoms with Gasteiger partial charge in [0, 0.05) is 5.92 Å². The largest absolute Gasteiger partial charge is 0.498 e. The van der Waals surface area contributed by atoms with Crippen molar-refractivity contribution in [2.24, 2.45) is 11.8 Å². The van der Waals surface area contributed by atoms with E-state index in [2.05, 4.69) is 6.92 Å². The maximum atomic E-state index is 14.2. The first-order valence-corrected chi connectivity index (χ1v) is 10.8. The van der Waals surface area contributed by atoms with Crippen LogP contribution in [0.4, 0.5) is 8.78 Å². The minimum absolute atomic E-state index is 0.0348. The number of ether oxygens (including phenoxy) is 3. The molecule has 0 aromatic rings. The fourth-order valence-corrected chi connectivity index (χ4v) is 3.37. The summed E-state index contributed by atoms with van der Waals surface area (Å²) in [6.07, 6.45) is 8.00. The van der Waals surface area contributed by atoms with Gasteiger partial charge in [0.25, 0.3) is 0 Å². The number of hydrogen-bond acceptors (Lipinski definition) is 3. The predicted octanol–water partition coefficient (Wildman–Crippen LogP) is 6.88. The van der Waals surface area contributed by atoms with Crippen LogP contribution in [-0.2, 0) is 14.2 Å². The second-order valence-electron chi connectivity index (χ2n) is 8.23. The van der Waals surface area contributed by atoms with E-state index in [1.54, 1.807) is 6.92 Å². The van der Waals surface area contributed by atoms with Crippen molar-refractivity contribution in [1.29, 1.82) is 0 Å². The van der Waals surface area contributed by atoms with Crippen LogP contribution in [-0.4, -0.2) is 32.5 Å². The number of halogens is 2. The smallest absolute Gasteiger partial charge is 0.195 e. The van der Waals surface area contributed by atoms with Crippen molar-refractivity contribution in [1.82, 2.24) is 0 Å². The minimum Gasteiger partial charge on any atom is -0.498 e. The van der Waals surface area contributed by atoms with Gasteiger partial charge in [0.2, 0.25) is 0 Å². The zero-order valence-electron chi connectivity index (χ0n) is 18.7. The third-order valence-electron chi connectivity index (χ3n) is 5.86. The molecule has 0 aliphatic carbocycles. The summed E-state index contributed by atoms with van der Waals surface area (Å²) in [5.41, 5.74) is 0.417. The van der Waals surface area contributed by atoms with Gasteiger partial charge in [-0.15, -0.1) is 0 Å². The molecule has 0 saturated carbocycles. The predicted molar refractivity (Wildman–Crippen MR) is 110 cm³/mol. The number of methoxy groups -OCH3 is 1. The van der Waals surface area contributed by atoms with Crippen LogP contribution in [0.25, 0.3) is 0 Å². The van der Waals surface area contributed by atoms with E-state index in [9.17, 15) is 8.78 Å². The molecule has 4 atom stereocenters. The number of hydrogen-bond donors (Lipinski definition) is 0. The highest BCUT2D eigenvalue weighted by atomic mass is 19.2. The highest BCUT2D eigenvalue weighted by Gasteiger charge is 2.22. The van der Waals surface area contributed by atoms with Crippen molar-refractivity contribution < 1.29 is 23.0 Å². The fourth-order valence-electron chi connectivity index (χ4n) is 3.37. The molecule has 28 heavy (non-hydrogen) atoms. The maximum absolute atomic E-state index is 14.2. The molecule has 164 valence electrons. The van der Waals surface area contributed by atoms with Gasteiger partial charge in [-0.25, -0.2) is 8.78 Å². The summed E-state index contributed by atoms with van der Waals surface area (Å²) in [5.74, 6) is -1.35. The third-order valence-corrected chi connectivity index (χ3v) is 5.86. The van der Waals surface area contributed by atoms with Gasteiger partial charge in [0.1, 0.15) is 5.76 Å². The zero-order valence-corrected chi connectivity index (χ0v) is 18.7. The highest BCUT2D eigenvalue weighted by Crippen LogP contribution is 2.29. The average Bonchev–Trinajstić information content (AvgIpc) is 2.72. The molecule has 0 amide bonds. The lowest BCUT2D eigenvalue weighted by molar-refractivity contribution is -0.0578. The molecule has 1 rings (SSSR count).